The van der Waals surface area contributed by atoms with Gasteiger partial charge in [0.1, 0.15) is 10.6 Å². The minimum absolute atomic E-state index is 0.0364. The van der Waals surface area contributed by atoms with E-state index in [9.17, 15) is 22.0 Å². The Bertz CT molecular complexity index is 1200. The van der Waals surface area contributed by atoms with Gasteiger partial charge in [-0.15, -0.1) is 11.3 Å². The maximum Gasteiger partial charge on any atom is 0.267 e. The highest BCUT2D eigenvalue weighted by Crippen LogP contribution is 2.27. The Morgan fingerprint density at radius 2 is 1.76 bits per heavy atom. The van der Waals surface area contributed by atoms with Crippen LogP contribution in [0.2, 0.25) is 0 Å². The summed E-state index contributed by atoms with van der Waals surface area (Å²) >= 11 is 1.04. The van der Waals surface area contributed by atoms with Crippen LogP contribution in [0.15, 0.2) is 58.8 Å². The van der Waals surface area contributed by atoms with Gasteiger partial charge in [0.15, 0.2) is 11.6 Å². The molecule has 0 atom stereocenters. The molecule has 0 fully saturated rings. The smallest absolute Gasteiger partial charge is 0.267 e. The molecule has 0 bridgehead atoms. The summed E-state index contributed by atoms with van der Waals surface area (Å²) in [5, 5.41) is 4.26. The number of hydrogen-bond acceptors (Lipinski definition) is 5. The molecule has 0 aliphatic heterocycles. The van der Waals surface area contributed by atoms with Gasteiger partial charge in [-0.05, 0) is 60.3 Å². The van der Waals surface area contributed by atoms with E-state index in [0.717, 1.165) is 42.7 Å². The Morgan fingerprint density at radius 3 is 2.45 bits per heavy atom. The number of sulfonamides is 1. The second-order valence-corrected chi connectivity index (χ2v) is 9.83. The predicted octanol–water partition coefficient (Wildman–Crippen LogP) is 6.04. The first-order valence-electron chi connectivity index (χ1n) is 10.4. The lowest BCUT2D eigenvalue weighted by Gasteiger charge is -2.10. The van der Waals surface area contributed by atoms with Crippen LogP contribution in [0.3, 0.4) is 0 Å². The number of anilines is 2. The zero-order valence-electron chi connectivity index (χ0n) is 17.9. The molecule has 3 aromatic rings. The molecule has 1 amide bonds. The van der Waals surface area contributed by atoms with Gasteiger partial charge in [-0.3, -0.25) is 9.52 Å². The van der Waals surface area contributed by atoms with E-state index in [4.69, 9.17) is 4.74 Å². The number of unbranched alkanes of at least 4 members (excludes halogenated alkanes) is 3. The Morgan fingerprint density at radius 1 is 1.00 bits per heavy atom. The molecule has 176 valence electrons. The fourth-order valence-corrected chi connectivity index (χ4v) is 4.85. The Kier molecular flexibility index (Phi) is 8.40. The van der Waals surface area contributed by atoms with Crippen LogP contribution in [0.5, 0.6) is 5.75 Å². The number of thiophene rings is 1. The average Bonchev–Trinajstić information content (AvgIpc) is 3.24. The van der Waals surface area contributed by atoms with Crippen LogP contribution in [-0.4, -0.2) is 20.9 Å². The first-order chi connectivity index (χ1) is 15.8. The molecule has 1 aromatic heterocycles. The third-order valence-corrected chi connectivity index (χ3v) is 6.97. The van der Waals surface area contributed by atoms with Crippen molar-refractivity contribution in [1.82, 2.24) is 0 Å². The minimum Gasteiger partial charge on any atom is -0.494 e. The van der Waals surface area contributed by atoms with Gasteiger partial charge in [0.25, 0.3) is 15.9 Å². The molecule has 0 radical (unpaired) electrons. The summed E-state index contributed by atoms with van der Waals surface area (Å²) in [6, 6.07) is 10.6. The van der Waals surface area contributed by atoms with Gasteiger partial charge in [0.05, 0.1) is 17.2 Å². The second kappa shape index (κ2) is 11.2. The molecule has 2 N–H and O–H groups in total. The Hall–Kier alpha value is -2.98. The SMILES string of the molecule is CCCCCCOc1ccc(NC(=O)c2sccc2NS(=O)(=O)c2ccc(F)c(F)c2)cc1. The van der Waals surface area contributed by atoms with Crippen molar-refractivity contribution in [2.75, 3.05) is 16.6 Å². The van der Waals surface area contributed by atoms with Gasteiger partial charge in [0, 0.05) is 5.69 Å². The van der Waals surface area contributed by atoms with Gasteiger partial charge in [-0.1, -0.05) is 26.2 Å². The lowest BCUT2D eigenvalue weighted by molar-refractivity contribution is 0.103. The van der Waals surface area contributed by atoms with Crippen LogP contribution in [-0.2, 0) is 10.0 Å². The molecule has 0 aliphatic carbocycles. The van der Waals surface area contributed by atoms with E-state index >= 15 is 0 Å². The zero-order valence-corrected chi connectivity index (χ0v) is 19.6. The molecule has 1 heterocycles. The summed E-state index contributed by atoms with van der Waals surface area (Å²) in [7, 11) is -4.22. The van der Waals surface area contributed by atoms with E-state index in [0.29, 0.717) is 24.1 Å². The molecule has 2 aromatic carbocycles. The van der Waals surface area contributed by atoms with Crippen LogP contribution >= 0.6 is 11.3 Å². The number of benzene rings is 2. The van der Waals surface area contributed by atoms with Crippen molar-refractivity contribution in [3.05, 3.63) is 70.4 Å². The third kappa shape index (κ3) is 6.75. The van der Waals surface area contributed by atoms with Crippen molar-refractivity contribution in [3.63, 3.8) is 0 Å². The standard InChI is InChI=1S/C23H24F2N2O4S2/c1-2-3-4-5-13-31-17-8-6-16(7-9-17)26-23(28)22-21(12-14-32-22)27-33(29,30)18-10-11-19(24)20(25)15-18/h6-12,14-15,27H,2-5,13H2,1H3,(H,26,28). The molecule has 10 heteroatoms. The third-order valence-electron chi connectivity index (χ3n) is 4.70. The van der Waals surface area contributed by atoms with Crippen molar-refractivity contribution in [2.24, 2.45) is 0 Å². The maximum atomic E-state index is 13.4. The minimum atomic E-state index is -4.22. The highest BCUT2D eigenvalue weighted by molar-refractivity contribution is 7.92. The molecule has 0 saturated heterocycles. The molecule has 33 heavy (non-hydrogen) atoms. The van der Waals surface area contributed by atoms with Gasteiger partial charge in [-0.25, -0.2) is 17.2 Å². The first-order valence-corrected chi connectivity index (χ1v) is 12.8. The number of ether oxygens (including phenoxy) is 1. The summed E-state index contributed by atoms with van der Waals surface area (Å²) in [5.74, 6) is -2.26. The van der Waals surface area contributed by atoms with Crippen molar-refractivity contribution in [2.45, 2.75) is 37.5 Å². The summed E-state index contributed by atoms with van der Waals surface area (Å²) in [4.78, 5) is 12.4. The van der Waals surface area contributed by atoms with E-state index in [-0.39, 0.29) is 10.6 Å². The molecule has 3 rings (SSSR count). The van der Waals surface area contributed by atoms with E-state index in [2.05, 4.69) is 17.0 Å². The zero-order chi connectivity index (χ0) is 23.8. The first kappa shape index (κ1) is 24.7. The summed E-state index contributed by atoms with van der Waals surface area (Å²) in [6.45, 7) is 2.77. The van der Waals surface area contributed by atoms with E-state index in [1.807, 2.05) is 0 Å². The lowest BCUT2D eigenvalue weighted by atomic mass is 10.2. The average molecular weight is 495 g/mol. The lowest BCUT2D eigenvalue weighted by Crippen LogP contribution is -2.17. The largest absolute Gasteiger partial charge is 0.494 e. The summed E-state index contributed by atoms with van der Waals surface area (Å²) < 4.78 is 59.6. The van der Waals surface area contributed by atoms with Crippen molar-refractivity contribution < 1.29 is 26.7 Å². The van der Waals surface area contributed by atoms with Crippen LogP contribution in [0.1, 0.15) is 42.3 Å². The number of carbonyl (C=O) groups is 1. The van der Waals surface area contributed by atoms with Gasteiger partial charge in [0.2, 0.25) is 0 Å². The van der Waals surface area contributed by atoms with E-state index < -0.39 is 32.5 Å². The Balaban J connectivity index is 1.63. The van der Waals surface area contributed by atoms with Gasteiger partial charge < -0.3 is 10.1 Å². The molecule has 0 spiro atoms. The fourth-order valence-electron chi connectivity index (χ4n) is 2.95. The Labute approximate surface area is 195 Å². The number of hydrogen-bond donors (Lipinski definition) is 2. The number of nitrogens with one attached hydrogen (secondary N) is 2. The molecule has 0 aliphatic rings. The number of halogens is 2. The monoisotopic (exact) mass is 494 g/mol. The molecule has 0 saturated carbocycles. The highest BCUT2D eigenvalue weighted by atomic mass is 32.2. The highest BCUT2D eigenvalue weighted by Gasteiger charge is 2.21. The van der Waals surface area contributed by atoms with Crippen molar-refractivity contribution >= 4 is 38.6 Å². The number of amides is 1. The van der Waals surface area contributed by atoms with Crippen LogP contribution in [0.25, 0.3) is 0 Å². The predicted molar refractivity (Wildman–Crippen MR) is 126 cm³/mol. The van der Waals surface area contributed by atoms with Crippen LogP contribution in [0.4, 0.5) is 20.2 Å². The summed E-state index contributed by atoms with van der Waals surface area (Å²) in [5.41, 5.74) is 0.551. The van der Waals surface area contributed by atoms with Gasteiger partial charge in [-0.2, -0.15) is 0 Å². The maximum absolute atomic E-state index is 13.4. The molecular formula is C23H24F2N2O4S2. The molecule has 6 nitrogen and oxygen atoms in total. The molecular weight excluding hydrogens is 470 g/mol. The normalized spacial score (nSPS) is 11.2. The fraction of sp³-hybridized carbons (Fsp3) is 0.261. The van der Waals surface area contributed by atoms with E-state index in [1.54, 1.807) is 29.6 Å². The van der Waals surface area contributed by atoms with Crippen LogP contribution < -0.4 is 14.8 Å². The quantitative estimate of drug-likeness (QED) is 0.318. The van der Waals surface area contributed by atoms with Crippen molar-refractivity contribution in [3.8, 4) is 5.75 Å². The number of carbonyl (C=O) groups excluding carboxylic acids is 1. The summed E-state index contributed by atoms with van der Waals surface area (Å²) in [6.07, 6.45) is 4.43. The van der Waals surface area contributed by atoms with E-state index in [1.165, 1.54) is 12.5 Å². The number of rotatable bonds is 11. The van der Waals surface area contributed by atoms with Crippen molar-refractivity contribution in [1.29, 1.82) is 0 Å². The van der Waals surface area contributed by atoms with Crippen LogP contribution in [0, 0.1) is 11.6 Å². The topological polar surface area (TPSA) is 84.5 Å². The van der Waals surface area contributed by atoms with Gasteiger partial charge >= 0.3 is 0 Å². The second-order valence-electron chi connectivity index (χ2n) is 7.23. The molecule has 0 unspecified atom stereocenters.